The van der Waals surface area contributed by atoms with E-state index in [9.17, 15) is 0 Å². The molecule has 1 aliphatic rings. The monoisotopic (exact) mass is 436 g/mol. The first-order valence-corrected chi connectivity index (χ1v) is 11.1. The first-order valence-electron chi connectivity index (χ1n) is 10.2. The Hall–Kier alpha value is -2.58. The van der Waals surface area contributed by atoms with E-state index in [0.717, 1.165) is 6.42 Å². The van der Waals surface area contributed by atoms with Crippen molar-refractivity contribution in [1.29, 1.82) is 0 Å². The van der Waals surface area contributed by atoms with Crippen LogP contribution in [0.25, 0.3) is 11.1 Å². The number of fused-ring (bicyclic) bond motifs is 3. The molecule has 0 heterocycles. The molecule has 0 radical (unpaired) electrons. The fourth-order valence-corrected chi connectivity index (χ4v) is 5.02. The molecule has 0 aliphatic heterocycles. The molecule has 4 aromatic rings. The lowest BCUT2D eigenvalue weighted by molar-refractivity contribution is 1.12. The lowest BCUT2D eigenvalue weighted by Gasteiger charge is -2.14. The van der Waals surface area contributed by atoms with Gasteiger partial charge in [0.2, 0.25) is 0 Å². The summed E-state index contributed by atoms with van der Waals surface area (Å²) >= 11 is 3.89. The van der Waals surface area contributed by atoms with Crippen molar-refractivity contribution in [2.24, 2.45) is 0 Å². The van der Waals surface area contributed by atoms with Crippen molar-refractivity contribution >= 4 is 23.8 Å². The number of rotatable bonds is 4. The molecule has 0 saturated carbocycles. The fraction of sp³-hybridized carbons (Fsp3) is 0.111. The average molecular weight is 437 g/mol. The summed E-state index contributed by atoms with van der Waals surface area (Å²) in [6.45, 7) is 0. The third-order valence-corrected chi connectivity index (χ3v) is 7.17. The Labute approximate surface area is 182 Å². The van der Waals surface area contributed by atoms with E-state index < -0.39 is 0 Å². The fourth-order valence-electron chi connectivity index (χ4n) is 4.43. The molecule has 1 aliphatic carbocycles. The van der Waals surface area contributed by atoms with Gasteiger partial charge in [0.25, 0.3) is 0 Å². The number of hydrogen-bond acceptors (Lipinski definition) is 0. The van der Waals surface area contributed by atoms with E-state index in [0.29, 0.717) is 5.82 Å². The van der Waals surface area contributed by atoms with Crippen molar-refractivity contribution in [2.75, 3.05) is 0 Å². The molecule has 5 rings (SSSR count). The maximum Gasteiger partial charge on any atom is 0.116 e. The molecule has 2 atom stereocenters. The van der Waals surface area contributed by atoms with Crippen molar-refractivity contribution in [3.63, 3.8) is 0 Å². The van der Waals surface area contributed by atoms with Gasteiger partial charge in [-0.15, -0.1) is 0 Å². The number of benzene rings is 4. The van der Waals surface area contributed by atoms with Gasteiger partial charge in [-0.25, -0.2) is 0 Å². The highest BCUT2D eigenvalue weighted by Crippen LogP contribution is 2.41. The van der Waals surface area contributed by atoms with E-state index in [2.05, 4.69) is 121 Å². The molecule has 29 heavy (non-hydrogen) atoms. The van der Waals surface area contributed by atoms with Crippen molar-refractivity contribution in [1.82, 2.24) is 0 Å². The van der Waals surface area contributed by atoms with Gasteiger partial charge >= 0.3 is 0 Å². The van der Waals surface area contributed by atoms with E-state index in [4.69, 9.17) is 0 Å². The van der Waals surface area contributed by atoms with Crippen molar-refractivity contribution in [3.05, 3.63) is 130 Å². The maximum atomic E-state index is 3.89. The van der Waals surface area contributed by atoms with Gasteiger partial charge in [-0.05, 0) is 56.7 Å². The lowest BCUT2D eigenvalue weighted by Crippen LogP contribution is -2.01. The second-order valence-electron chi connectivity index (χ2n) is 7.92. The third-order valence-electron chi connectivity index (χ3n) is 6.11. The van der Waals surface area contributed by atoms with Gasteiger partial charge in [-0.1, -0.05) is 113 Å². The summed E-state index contributed by atoms with van der Waals surface area (Å²) in [6.07, 6.45) is 1.02. The molecule has 4 aromatic carbocycles. The molecule has 0 fully saturated rings. The van der Waals surface area contributed by atoms with Gasteiger partial charge in [0.1, 0.15) is 7.85 Å². The minimum Gasteiger partial charge on any atom is -0.0786 e. The Morgan fingerprint density at radius 3 is 1.72 bits per heavy atom. The molecule has 140 valence electrons. The zero-order chi connectivity index (χ0) is 19.8. The van der Waals surface area contributed by atoms with Crippen molar-refractivity contribution in [2.45, 2.75) is 17.1 Å². The molecule has 0 N–H and O–H groups in total. The van der Waals surface area contributed by atoms with Gasteiger partial charge in [0.15, 0.2) is 0 Å². The molecule has 0 spiro atoms. The predicted molar refractivity (Wildman–Crippen MR) is 129 cm³/mol. The van der Waals surface area contributed by atoms with Gasteiger partial charge in [-0.3, -0.25) is 0 Å². The zero-order valence-electron chi connectivity index (χ0n) is 16.5. The Bertz CT molecular complexity index is 1060. The van der Waals surface area contributed by atoms with Crippen LogP contribution in [-0.4, -0.2) is 7.85 Å². The molecule has 0 nitrogen and oxygen atoms in total. The minimum atomic E-state index is 0.228. The summed E-state index contributed by atoms with van der Waals surface area (Å²) in [7, 11) is 2.30. The lowest BCUT2D eigenvalue weighted by atomic mass is 9.75. The van der Waals surface area contributed by atoms with Crippen LogP contribution in [0, 0.1) is 0 Å². The molecular formula is C27H22BBr. The van der Waals surface area contributed by atoms with E-state index in [1.165, 1.54) is 44.5 Å². The highest BCUT2D eigenvalue weighted by atomic mass is 79.9. The molecule has 2 unspecified atom stereocenters. The van der Waals surface area contributed by atoms with Gasteiger partial charge in [0.05, 0.1) is 4.83 Å². The van der Waals surface area contributed by atoms with Crippen LogP contribution >= 0.6 is 15.9 Å². The van der Waals surface area contributed by atoms with E-state index in [1.807, 2.05) is 0 Å². The highest BCUT2D eigenvalue weighted by molar-refractivity contribution is 9.09. The average Bonchev–Trinajstić information content (AvgIpc) is 3.16. The summed E-state index contributed by atoms with van der Waals surface area (Å²) < 4.78 is 0. The minimum absolute atomic E-state index is 0.228. The number of halogens is 1. The smallest absolute Gasteiger partial charge is 0.0786 e. The Kier molecular flexibility index (Phi) is 4.89. The second kappa shape index (κ2) is 7.69. The summed E-state index contributed by atoms with van der Waals surface area (Å²) in [5, 5.41) is 0. The van der Waals surface area contributed by atoms with Crippen LogP contribution in [0.5, 0.6) is 0 Å². The Balaban J connectivity index is 1.45. The SMILES string of the molecule is BC(c1ccccc1)c1ccc2c(c1)Cc1cc(C(Br)c3ccccc3)ccc1-2. The number of alkyl halides is 1. The summed E-state index contributed by atoms with van der Waals surface area (Å²) in [4.78, 5) is 0.228. The van der Waals surface area contributed by atoms with Crippen molar-refractivity contribution in [3.8, 4) is 11.1 Å². The Morgan fingerprint density at radius 1 is 0.586 bits per heavy atom. The Morgan fingerprint density at radius 2 is 1.10 bits per heavy atom. The molecule has 2 heteroatoms. The van der Waals surface area contributed by atoms with E-state index in [1.54, 1.807) is 0 Å². The molecule has 0 amide bonds. The normalized spacial score (nSPS) is 14.1. The molecule has 0 saturated heterocycles. The standard InChI is InChI=1S/C27H22BBr/c28-26(18-7-3-1-4-8-18)20-11-13-24-22(15-20)17-23-16-21(12-14-25(23)24)27(29)19-9-5-2-6-10-19/h1-16,26-27H,17,28H2. The zero-order valence-corrected chi connectivity index (χ0v) is 18.1. The van der Waals surface area contributed by atoms with Crippen LogP contribution in [-0.2, 0) is 6.42 Å². The van der Waals surface area contributed by atoms with Crippen LogP contribution in [0.1, 0.15) is 44.0 Å². The summed E-state index contributed by atoms with van der Waals surface area (Å²) in [6, 6.07) is 35.4. The van der Waals surface area contributed by atoms with Crippen LogP contribution in [0.2, 0.25) is 0 Å². The first kappa shape index (κ1) is 18.5. The molecule has 0 aromatic heterocycles. The van der Waals surface area contributed by atoms with Gasteiger partial charge in [0, 0.05) is 0 Å². The predicted octanol–water partition coefficient (Wildman–Crippen LogP) is 6.46. The first-order chi connectivity index (χ1) is 14.2. The van der Waals surface area contributed by atoms with Gasteiger partial charge in [-0.2, -0.15) is 0 Å². The van der Waals surface area contributed by atoms with Crippen LogP contribution in [0.4, 0.5) is 0 Å². The maximum absolute atomic E-state index is 3.89. The second-order valence-corrected chi connectivity index (χ2v) is 8.83. The van der Waals surface area contributed by atoms with E-state index in [-0.39, 0.29) is 4.83 Å². The van der Waals surface area contributed by atoms with Crippen LogP contribution < -0.4 is 0 Å². The third kappa shape index (κ3) is 3.47. The number of hydrogen-bond donors (Lipinski definition) is 0. The van der Waals surface area contributed by atoms with Crippen LogP contribution in [0.15, 0.2) is 97.1 Å². The summed E-state index contributed by atoms with van der Waals surface area (Å²) in [5.74, 6) is 0.408. The molecule has 0 bridgehead atoms. The highest BCUT2D eigenvalue weighted by Gasteiger charge is 2.22. The topological polar surface area (TPSA) is 0 Å². The summed E-state index contributed by atoms with van der Waals surface area (Å²) in [5.41, 5.74) is 11.0. The van der Waals surface area contributed by atoms with Crippen molar-refractivity contribution < 1.29 is 0 Å². The quantitative estimate of drug-likeness (QED) is 0.224. The van der Waals surface area contributed by atoms with E-state index >= 15 is 0 Å². The molecular weight excluding hydrogens is 415 g/mol. The van der Waals surface area contributed by atoms with Gasteiger partial charge < -0.3 is 0 Å². The largest absolute Gasteiger partial charge is 0.116 e. The van der Waals surface area contributed by atoms with Crippen LogP contribution in [0.3, 0.4) is 0 Å².